The molecule has 2 aromatic carbocycles. The number of benzene rings is 2. The summed E-state index contributed by atoms with van der Waals surface area (Å²) in [5.74, 6) is -0.562. The van der Waals surface area contributed by atoms with Crippen molar-refractivity contribution in [3.05, 3.63) is 59.7 Å². The summed E-state index contributed by atoms with van der Waals surface area (Å²) in [5, 5.41) is 1.43. The molecule has 2 amide bonds. The topological polar surface area (TPSA) is 83.6 Å². The second-order valence-electron chi connectivity index (χ2n) is 7.57. The van der Waals surface area contributed by atoms with Gasteiger partial charge in [-0.1, -0.05) is 24.3 Å². The molecule has 0 bridgehead atoms. The van der Waals surface area contributed by atoms with Crippen LogP contribution in [0.15, 0.2) is 48.5 Å². The lowest BCUT2D eigenvalue weighted by atomic mass is 9.86. The summed E-state index contributed by atoms with van der Waals surface area (Å²) in [4.78, 5) is 26.7. The van der Waals surface area contributed by atoms with E-state index in [4.69, 9.17) is 0 Å². The van der Waals surface area contributed by atoms with E-state index in [1.807, 2.05) is 6.07 Å². The van der Waals surface area contributed by atoms with Gasteiger partial charge in [0.2, 0.25) is 5.91 Å². The highest BCUT2D eigenvalue weighted by Crippen LogP contribution is 2.49. The Balaban J connectivity index is 2.03. The summed E-state index contributed by atoms with van der Waals surface area (Å²) >= 11 is 0. The van der Waals surface area contributed by atoms with E-state index in [1.165, 1.54) is 18.7 Å². The van der Waals surface area contributed by atoms with Gasteiger partial charge in [0.25, 0.3) is 5.91 Å². The molecular formula is C20H21N2O4P. The SMILES string of the molecule is CC1(C)C(=O)N(C(C)(C)P(=O)=O)c2cc(NC(=O)c3ccccc3)ccc21. The summed E-state index contributed by atoms with van der Waals surface area (Å²) in [5.41, 5.74) is 1.39. The van der Waals surface area contributed by atoms with Gasteiger partial charge in [-0.3, -0.25) is 14.5 Å². The Morgan fingerprint density at radius 1 is 1.07 bits per heavy atom. The predicted octanol–water partition coefficient (Wildman–Crippen LogP) is 4.47. The molecule has 140 valence electrons. The highest BCUT2D eigenvalue weighted by atomic mass is 31.1. The Hall–Kier alpha value is -2.72. The van der Waals surface area contributed by atoms with Gasteiger partial charge < -0.3 is 5.32 Å². The zero-order valence-corrected chi connectivity index (χ0v) is 16.5. The van der Waals surface area contributed by atoms with Crippen LogP contribution < -0.4 is 10.2 Å². The van der Waals surface area contributed by atoms with Crippen molar-refractivity contribution in [2.75, 3.05) is 10.2 Å². The molecule has 0 saturated heterocycles. The molecule has 0 aliphatic carbocycles. The van der Waals surface area contributed by atoms with E-state index in [2.05, 4.69) is 5.32 Å². The fourth-order valence-corrected chi connectivity index (χ4v) is 3.61. The average Bonchev–Trinajstić information content (AvgIpc) is 2.81. The Morgan fingerprint density at radius 3 is 2.30 bits per heavy atom. The summed E-state index contributed by atoms with van der Waals surface area (Å²) in [6.07, 6.45) is 0. The maximum Gasteiger partial charge on any atom is 0.341 e. The number of nitrogens with zero attached hydrogens (tertiary/aromatic N) is 1. The van der Waals surface area contributed by atoms with Gasteiger partial charge in [-0.05, 0) is 57.5 Å². The van der Waals surface area contributed by atoms with E-state index in [-0.39, 0.29) is 11.8 Å². The maximum absolute atomic E-state index is 13.0. The first-order valence-corrected chi connectivity index (χ1v) is 9.74. The average molecular weight is 384 g/mol. The molecule has 0 aromatic heterocycles. The number of rotatable bonds is 4. The molecule has 0 spiro atoms. The molecule has 2 aromatic rings. The fourth-order valence-electron chi connectivity index (χ4n) is 3.24. The van der Waals surface area contributed by atoms with E-state index < -0.39 is 18.4 Å². The highest BCUT2D eigenvalue weighted by molar-refractivity contribution is 7.33. The lowest BCUT2D eigenvalue weighted by Crippen LogP contribution is -2.46. The minimum Gasteiger partial charge on any atom is -0.322 e. The van der Waals surface area contributed by atoms with Crippen LogP contribution in [0.1, 0.15) is 43.6 Å². The number of anilines is 2. The van der Waals surface area contributed by atoms with Gasteiger partial charge in [-0.15, -0.1) is 0 Å². The number of hydrogen-bond acceptors (Lipinski definition) is 4. The van der Waals surface area contributed by atoms with Crippen LogP contribution in [-0.4, -0.2) is 17.1 Å². The fraction of sp³-hybridized carbons (Fsp3) is 0.300. The zero-order valence-electron chi connectivity index (χ0n) is 15.6. The van der Waals surface area contributed by atoms with Crippen molar-refractivity contribution < 1.29 is 18.7 Å². The highest BCUT2D eigenvalue weighted by Gasteiger charge is 2.51. The lowest BCUT2D eigenvalue weighted by Gasteiger charge is -2.30. The largest absolute Gasteiger partial charge is 0.341 e. The molecule has 0 fully saturated rings. The number of carbonyl (C=O) groups excluding carboxylic acids is 2. The molecule has 0 radical (unpaired) electrons. The van der Waals surface area contributed by atoms with Crippen LogP contribution in [0.3, 0.4) is 0 Å². The van der Waals surface area contributed by atoms with Crippen molar-refractivity contribution >= 4 is 30.9 Å². The summed E-state index contributed by atoms with van der Waals surface area (Å²) in [6.45, 7) is 6.53. The molecule has 1 aliphatic rings. The van der Waals surface area contributed by atoms with Crippen molar-refractivity contribution in [2.24, 2.45) is 0 Å². The molecule has 6 nitrogen and oxygen atoms in total. The molecule has 27 heavy (non-hydrogen) atoms. The minimum atomic E-state index is -2.89. The summed E-state index contributed by atoms with van der Waals surface area (Å²) < 4.78 is 23.6. The predicted molar refractivity (Wildman–Crippen MR) is 104 cm³/mol. The van der Waals surface area contributed by atoms with E-state index in [1.54, 1.807) is 56.3 Å². The second kappa shape index (κ2) is 6.46. The van der Waals surface area contributed by atoms with E-state index in [9.17, 15) is 18.7 Å². The van der Waals surface area contributed by atoms with Crippen LogP contribution in [0.4, 0.5) is 11.4 Å². The van der Waals surface area contributed by atoms with Gasteiger partial charge in [0.05, 0.1) is 11.1 Å². The van der Waals surface area contributed by atoms with Gasteiger partial charge in [-0.2, -0.15) is 0 Å². The quantitative estimate of drug-likeness (QED) is 0.788. The van der Waals surface area contributed by atoms with Crippen molar-refractivity contribution in [3.63, 3.8) is 0 Å². The standard InChI is InChI=1S/C20H21N2O4P/c1-19(2)15-11-10-14(21-17(23)13-8-6-5-7-9-13)12-16(15)22(18(19)24)20(3,4)27(25)26/h5-12H,1-4H3,(H,21,23). The number of nitrogens with one attached hydrogen (secondary N) is 1. The number of hydrogen-bond donors (Lipinski definition) is 1. The van der Waals surface area contributed by atoms with E-state index >= 15 is 0 Å². The Morgan fingerprint density at radius 2 is 1.70 bits per heavy atom. The van der Waals surface area contributed by atoms with E-state index in [0.29, 0.717) is 16.9 Å². The molecular weight excluding hydrogens is 363 g/mol. The minimum absolute atomic E-state index is 0.278. The first kappa shape index (κ1) is 19.1. The van der Waals surface area contributed by atoms with Crippen molar-refractivity contribution in [1.29, 1.82) is 0 Å². The molecule has 3 rings (SSSR count). The summed E-state index contributed by atoms with van der Waals surface area (Å²) in [6, 6.07) is 13.9. The molecule has 0 unspecified atom stereocenters. The maximum atomic E-state index is 13.0. The summed E-state index contributed by atoms with van der Waals surface area (Å²) in [7, 11) is -2.89. The van der Waals surface area contributed by atoms with E-state index in [0.717, 1.165) is 5.56 Å². The van der Waals surface area contributed by atoms with Crippen molar-refractivity contribution in [1.82, 2.24) is 0 Å². The third-order valence-electron chi connectivity index (χ3n) is 4.94. The number of carbonyl (C=O) groups is 2. The van der Waals surface area contributed by atoms with Gasteiger partial charge >= 0.3 is 7.68 Å². The Labute approximate surface area is 158 Å². The van der Waals surface area contributed by atoms with Crippen molar-refractivity contribution in [3.8, 4) is 0 Å². The molecule has 1 N–H and O–H groups in total. The van der Waals surface area contributed by atoms with Crippen LogP contribution in [-0.2, 0) is 19.3 Å². The smallest absolute Gasteiger partial charge is 0.322 e. The monoisotopic (exact) mass is 384 g/mol. The van der Waals surface area contributed by atoms with Crippen LogP contribution >= 0.6 is 7.68 Å². The van der Waals surface area contributed by atoms with Crippen LogP contribution in [0, 0.1) is 0 Å². The van der Waals surface area contributed by atoms with Crippen LogP contribution in [0.2, 0.25) is 0 Å². The molecule has 0 saturated carbocycles. The van der Waals surface area contributed by atoms with Gasteiger partial charge in [0.15, 0.2) is 5.28 Å². The molecule has 7 heteroatoms. The Bertz CT molecular complexity index is 986. The number of amides is 2. The lowest BCUT2D eigenvalue weighted by molar-refractivity contribution is -0.122. The number of fused-ring (bicyclic) bond motifs is 1. The third kappa shape index (κ3) is 3.10. The Kier molecular flexibility index (Phi) is 4.56. The van der Waals surface area contributed by atoms with Gasteiger partial charge in [0, 0.05) is 11.3 Å². The van der Waals surface area contributed by atoms with Gasteiger partial charge in [0.1, 0.15) is 0 Å². The molecule has 0 atom stereocenters. The normalized spacial score (nSPS) is 15.4. The second-order valence-corrected chi connectivity index (χ2v) is 9.18. The molecule has 1 aliphatic heterocycles. The molecule has 1 heterocycles. The zero-order chi connectivity index (χ0) is 20.0. The first-order chi connectivity index (χ1) is 12.6. The van der Waals surface area contributed by atoms with Crippen LogP contribution in [0.25, 0.3) is 0 Å². The third-order valence-corrected chi connectivity index (χ3v) is 6.03. The van der Waals surface area contributed by atoms with Gasteiger partial charge in [-0.25, -0.2) is 9.13 Å². The first-order valence-electron chi connectivity index (χ1n) is 8.57. The van der Waals surface area contributed by atoms with Crippen molar-refractivity contribution in [2.45, 2.75) is 38.4 Å². The van der Waals surface area contributed by atoms with Crippen LogP contribution in [0.5, 0.6) is 0 Å².